The fourth-order valence-corrected chi connectivity index (χ4v) is 2.73. The molecule has 6 heteroatoms. The lowest BCUT2D eigenvalue weighted by atomic mass is 9.90. The van der Waals surface area contributed by atoms with Crippen LogP contribution >= 0.6 is 11.8 Å². The lowest BCUT2D eigenvalue weighted by molar-refractivity contribution is -0.145. The van der Waals surface area contributed by atoms with E-state index in [2.05, 4.69) is 15.3 Å². The van der Waals surface area contributed by atoms with Crippen molar-refractivity contribution < 1.29 is 9.90 Å². The third kappa shape index (κ3) is 5.09. The molecule has 0 saturated heterocycles. The van der Waals surface area contributed by atoms with Gasteiger partial charge in [-0.15, -0.1) is 0 Å². The Balaban J connectivity index is 2.44. The van der Waals surface area contributed by atoms with E-state index in [1.165, 1.54) is 0 Å². The SMILES string of the molecule is CCCNC(CC)(CCCSc1ncccn1)C(=O)O. The predicted molar refractivity (Wildman–Crippen MR) is 80.9 cm³/mol. The topological polar surface area (TPSA) is 75.1 Å². The highest BCUT2D eigenvalue weighted by Gasteiger charge is 2.35. The fourth-order valence-electron chi connectivity index (χ4n) is 1.99. The molecule has 1 aromatic heterocycles. The van der Waals surface area contributed by atoms with Gasteiger partial charge in [-0.1, -0.05) is 25.6 Å². The van der Waals surface area contributed by atoms with E-state index < -0.39 is 11.5 Å². The molecule has 112 valence electrons. The second-order valence-electron chi connectivity index (χ2n) is 4.65. The first-order chi connectivity index (χ1) is 9.64. The summed E-state index contributed by atoms with van der Waals surface area (Å²) in [6.45, 7) is 4.69. The van der Waals surface area contributed by atoms with E-state index in [0.717, 1.165) is 30.3 Å². The summed E-state index contributed by atoms with van der Waals surface area (Å²) in [5, 5.41) is 13.4. The van der Waals surface area contributed by atoms with Gasteiger partial charge in [0.15, 0.2) is 5.16 Å². The van der Waals surface area contributed by atoms with Gasteiger partial charge in [-0.05, 0) is 38.3 Å². The van der Waals surface area contributed by atoms with Crippen LogP contribution in [0, 0.1) is 0 Å². The van der Waals surface area contributed by atoms with Crippen LogP contribution in [0.4, 0.5) is 0 Å². The predicted octanol–water partition coefficient (Wildman–Crippen LogP) is 2.58. The lowest BCUT2D eigenvalue weighted by Gasteiger charge is -2.29. The Morgan fingerprint density at radius 1 is 1.40 bits per heavy atom. The van der Waals surface area contributed by atoms with Gasteiger partial charge >= 0.3 is 5.97 Å². The number of hydrogen-bond acceptors (Lipinski definition) is 5. The van der Waals surface area contributed by atoms with Gasteiger partial charge in [0.05, 0.1) is 0 Å². The molecule has 0 saturated carbocycles. The van der Waals surface area contributed by atoms with Gasteiger partial charge in [-0.25, -0.2) is 9.97 Å². The molecule has 0 bridgehead atoms. The second-order valence-corrected chi connectivity index (χ2v) is 5.71. The van der Waals surface area contributed by atoms with Crippen molar-refractivity contribution in [3.8, 4) is 0 Å². The molecule has 2 N–H and O–H groups in total. The third-order valence-electron chi connectivity index (χ3n) is 3.25. The molecule has 1 aromatic rings. The van der Waals surface area contributed by atoms with Gasteiger partial charge in [0.25, 0.3) is 0 Å². The molecule has 1 heterocycles. The Kier molecular flexibility index (Phi) is 7.54. The van der Waals surface area contributed by atoms with Gasteiger partial charge in [0.2, 0.25) is 0 Å². The van der Waals surface area contributed by atoms with E-state index in [9.17, 15) is 9.90 Å². The van der Waals surface area contributed by atoms with Crippen molar-refractivity contribution in [2.75, 3.05) is 12.3 Å². The van der Waals surface area contributed by atoms with E-state index >= 15 is 0 Å². The molecule has 0 aliphatic heterocycles. The first-order valence-corrected chi connectivity index (χ1v) is 8.01. The summed E-state index contributed by atoms with van der Waals surface area (Å²) in [4.78, 5) is 19.8. The maximum atomic E-state index is 11.5. The lowest BCUT2D eigenvalue weighted by Crippen LogP contribution is -2.52. The molecule has 0 spiro atoms. The molecule has 0 aromatic carbocycles. The minimum Gasteiger partial charge on any atom is -0.480 e. The van der Waals surface area contributed by atoms with Gasteiger partial charge in [0, 0.05) is 18.1 Å². The summed E-state index contributed by atoms with van der Waals surface area (Å²) in [5.74, 6) is 0.0711. The minimum absolute atomic E-state index is 0.592. The zero-order valence-electron chi connectivity index (χ0n) is 12.1. The average molecular weight is 297 g/mol. The molecule has 5 nitrogen and oxygen atoms in total. The van der Waals surface area contributed by atoms with Crippen LogP contribution < -0.4 is 5.32 Å². The molecule has 1 atom stereocenters. The smallest absolute Gasteiger partial charge is 0.323 e. The Morgan fingerprint density at radius 3 is 2.65 bits per heavy atom. The van der Waals surface area contributed by atoms with Gasteiger partial charge in [-0.2, -0.15) is 0 Å². The van der Waals surface area contributed by atoms with Crippen molar-refractivity contribution in [1.29, 1.82) is 0 Å². The largest absolute Gasteiger partial charge is 0.480 e. The number of carboxylic acid groups (broad SMARTS) is 1. The van der Waals surface area contributed by atoms with E-state index in [-0.39, 0.29) is 0 Å². The van der Waals surface area contributed by atoms with E-state index in [1.54, 1.807) is 30.2 Å². The number of aromatic nitrogens is 2. The van der Waals surface area contributed by atoms with Crippen LogP contribution in [0.25, 0.3) is 0 Å². The van der Waals surface area contributed by atoms with Crippen molar-refractivity contribution in [3.05, 3.63) is 18.5 Å². The third-order valence-corrected chi connectivity index (χ3v) is 4.21. The maximum absolute atomic E-state index is 11.5. The fraction of sp³-hybridized carbons (Fsp3) is 0.643. The number of nitrogens with one attached hydrogen (secondary N) is 1. The number of aliphatic carboxylic acids is 1. The number of hydrogen-bond donors (Lipinski definition) is 2. The summed E-state index contributed by atoms with van der Waals surface area (Å²) in [6, 6.07) is 1.78. The monoisotopic (exact) mass is 297 g/mol. The van der Waals surface area contributed by atoms with Crippen LogP contribution in [0.3, 0.4) is 0 Å². The molecule has 0 aliphatic rings. The Bertz CT molecular complexity index is 403. The van der Waals surface area contributed by atoms with E-state index in [0.29, 0.717) is 12.8 Å². The zero-order chi connectivity index (χ0) is 14.8. The maximum Gasteiger partial charge on any atom is 0.323 e. The summed E-state index contributed by atoms with van der Waals surface area (Å²) in [6.07, 6.45) is 6.40. The molecule has 0 fully saturated rings. The molecule has 0 aliphatic carbocycles. The van der Waals surface area contributed by atoms with Crippen LogP contribution in [0.1, 0.15) is 39.5 Å². The van der Waals surface area contributed by atoms with Gasteiger partial charge in [-0.3, -0.25) is 4.79 Å². The Hall–Kier alpha value is -1.14. The van der Waals surface area contributed by atoms with Crippen LogP contribution in [-0.2, 0) is 4.79 Å². The van der Waals surface area contributed by atoms with Crippen molar-refractivity contribution in [2.24, 2.45) is 0 Å². The highest BCUT2D eigenvalue weighted by Crippen LogP contribution is 2.21. The summed E-state index contributed by atoms with van der Waals surface area (Å²) in [7, 11) is 0. The van der Waals surface area contributed by atoms with Gasteiger partial charge < -0.3 is 10.4 Å². The highest BCUT2D eigenvalue weighted by molar-refractivity contribution is 7.99. The number of rotatable bonds is 10. The van der Waals surface area contributed by atoms with E-state index in [4.69, 9.17) is 0 Å². The standard InChI is InChI=1S/C14H23N3O2S/c1-3-8-17-14(4-2,12(18)19)7-5-11-20-13-15-9-6-10-16-13/h6,9-10,17H,3-5,7-8,11H2,1-2H3,(H,18,19). The molecular formula is C14H23N3O2S. The molecule has 1 rings (SSSR count). The Morgan fingerprint density at radius 2 is 2.10 bits per heavy atom. The molecule has 0 radical (unpaired) electrons. The van der Waals surface area contributed by atoms with Crippen molar-refractivity contribution in [1.82, 2.24) is 15.3 Å². The molecular weight excluding hydrogens is 274 g/mol. The van der Waals surface area contributed by atoms with Crippen molar-refractivity contribution in [2.45, 2.75) is 50.2 Å². The first kappa shape index (κ1) is 16.9. The van der Waals surface area contributed by atoms with Crippen molar-refractivity contribution >= 4 is 17.7 Å². The molecule has 20 heavy (non-hydrogen) atoms. The highest BCUT2D eigenvalue weighted by atomic mass is 32.2. The minimum atomic E-state index is -0.798. The second kappa shape index (κ2) is 8.92. The summed E-state index contributed by atoms with van der Waals surface area (Å²) in [5.41, 5.74) is -0.798. The van der Waals surface area contributed by atoms with Crippen LogP contribution in [-0.4, -0.2) is 38.9 Å². The number of nitrogens with zero attached hydrogens (tertiary/aromatic N) is 2. The zero-order valence-corrected chi connectivity index (χ0v) is 12.9. The van der Waals surface area contributed by atoms with Crippen LogP contribution in [0.5, 0.6) is 0 Å². The number of carbonyl (C=O) groups is 1. The molecule has 0 amide bonds. The molecule has 1 unspecified atom stereocenters. The summed E-state index contributed by atoms with van der Waals surface area (Å²) >= 11 is 1.56. The van der Waals surface area contributed by atoms with Crippen molar-refractivity contribution in [3.63, 3.8) is 0 Å². The van der Waals surface area contributed by atoms with E-state index in [1.807, 2.05) is 13.8 Å². The first-order valence-electron chi connectivity index (χ1n) is 7.03. The van der Waals surface area contributed by atoms with Crippen LogP contribution in [0.2, 0.25) is 0 Å². The van der Waals surface area contributed by atoms with Crippen LogP contribution in [0.15, 0.2) is 23.6 Å². The summed E-state index contributed by atoms with van der Waals surface area (Å²) < 4.78 is 0. The van der Waals surface area contributed by atoms with Gasteiger partial charge in [0.1, 0.15) is 5.54 Å². The average Bonchev–Trinajstić information content (AvgIpc) is 2.47. The quantitative estimate of drug-likeness (QED) is 0.393. The number of carboxylic acids is 1. The Labute approximate surface area is 124 Å². The number of thioether (sulfide) groups is 1. The normalized spacial score (nSPS) is 13.9.